The summed E-state index contributed by atoms with van der Waals surface area (Å²) in [6, 6.07) is 3.36. The van der Waals surface area contributed by atoms with Gasteiger partial charge in [0.2, 0.25) is 0 Å². The summed E-state index contributed by atoms with van der Waals surface area (Å²) in [6.07, 6.45) is 2.60. The zero-order valence-corrected chi connectivity index (χ0v) is 7.03. The molecule has 4 heteroatoms. The molecule has 1 fully saturated rings. The van der Waals surface area contributed by atoms with E-state index < -0.39 is 5.97 Å². The Kier molecular flexibility index (Phi) is 1.98. The van der Waals surface area contributed by atoms with E-state index in [0.29, 0.717) is 11.3 Å². The maximum Gasteiger partial charge on any atom is 0.337 e. The van der Waals surface area contributed by atoms with Gasteiger partial charge in [0.15, 0.2) is 0 Å². The molecular formula is C9H10N2O2. The Labute approximate surface area is 75.6 Å². The molecule has 68 valence electrons. The van der Waals surface area contributed by atoms with Gasteiger partial charge in [0, 0.05) is 6.20 Å². The summed E-state index contributed by atoms with van der Waals surface area (Å²) in [5.41, 5.74) is 0.959. The van der Waals surface area contributed by atoms with Gasteiger partial charge in [0.25, 0.3) is 0 Å². The molecule has 0 spiro atoms. The highest BCUT2D eigenvalue weighted by Crippen LogP contribution is 2.23. The molecule has 1 aromatic heterocycles. The van der Waals surface area contributed by atoms with Crippen molar-refractivity contribution in [2.45, 2.75) is 12.5 Å². The average Bonchev–Trinajstić information content (AvgIpc) is 2.02. The lowest BCUT2D eigenvalue weighted by Gasteiger charge is -2.27. The molecule has 0 bridgehead atoms. The number of rotatable bonds is 2. The Hall–Kier alpha value is -1.42. The van der Waals surface area contributed by atoms with Crippen molar-refractivity contribution in [2.75, 3.05) is 6.54 Å². The van der Waals surface area contributed by atoms with E-state index in [1.807, 2.05) is 0 Å². The number of aromatic carboxylic acids is 1. The van der Waals surface area contributed by atoms with Crippen molar-refractivity contribution in [1.82, 2.24) is 10.3 Å². The monoisotopic (exact) mass is 178 g/mol. The Bertz CT molecular complexity index is 334. The third-order valence-corrected chi connectivity index (χ3v) is 2.22. The summed E-state index contributed by atoms with van der Waals surface area (Å²) in [5, 5.41) is 12.0. The van der Waals surface area contributed by atoms with Crippen molar-refractivity contribution in [3.63, 3.8) is 0 Å². The molecule has 2 heterocycles. The third-order valence-electron chi connectivity index (χ3n) is 2.22. The predicted octanol–water partition coefficient (Wildman–Crippen LogP) is 0.814. The van der Waals surface area contributed by atoms with E-state index in [1.54, 1.807) is 18.3 Å². The van der Waals surface area contributed by atoms with Crippen LogP contribution in [-0.2, 0) is 0 Å². The first-order valence-corrected chi connectivity index (χ1v) is 4.20. The highest BCUT2D eigenvalue weighted by molar-refractivity contribution is 5.89. The van der Waals surface area contributed by atoms with Gasteiger partial charge in [-0.05, 0) is 25.1 Å². The molecule has 2 rings (SSSR count). The topological polar surface area (TPSA) is 62.2 Å². The van der Waals surface area contributed by atoms with Crippen molar-refractivity contribution < 1.29 is 9.90 Å². The largest absolute Gasteiger partial charge is 0.478 e. The van der Waals surface area contributed by atoms with Crippen LogP contribution in [0.5, 0.6) is 0 Å². The number of pyridine rings is 1. The van der Waals surface area contributed by atoms with Crippen LogP contribution in [0.3, 0.4) is 0 Å². The first-order chi connectivity index (χ1) is 6.29. The lowest BCUT2D eigenvalue weighted by atomic mass is 9.99. The maximum absolute atomic E-state index is 10.8. The summed E-state index contributed by atoms with van der Waals surface area (Å²) >= 11 is 0. The van der Waals surface area contributed by atoms with E-state index in [-0.39, 0.29) is 6.04 Å². The van der Waals surface area contributed by atoms with Crippen LogP contribution in [0, 0.1) is 0 Å². The van der Waals surface area contributed by atoms with Gasteiger partial charge < -0.3 is 10.4 Å². The average molecular weight is 178 g/mol. The first-order valence-electron chi connectivity index (χ1n) is 4.20. The van der Waals surface area contributed by atoms with Crippen molar-refractivity contribution in [3.8, 4) is 0 Å². The lowest BCUT2D eigenvalue weighted by molar-refractivity contribution is 0.0693. The highest BCUT2D eigenvalue weighted by Gasteiger charge is 2.24. The summed E-state index contributed by atoms with van der Waals surface area (Å²) in [4.78, 5) is 14.9. The number of hydrogen-bond donors (Lipinski definition) is 2. The van der Waals surface area contributed by atoms with Crippen LogP contribution >= 0.6 is 0 Å². The molecule has 1 atom stereocenters. The van der Waals surface area contributed by atoms with Gasteiger partial charge in [-0.3, -0.25) is 4.98 Å². The third kappa shape index (κ3) is 1.40. The van der Waals surface area contributed by atoms with Gasteiger partial charge in [-0.2, -0.15) is 0 Å². The van der Waals surface area contributed by atoms with Crippen LogP contribution in [0.15, 0.2) is 18.3 Å². The Morgan fingerprint density at radius 2 is 2.46 bits per heavy atom. The quantitative estimate of drug-likeness (QED) is 0.703. The molecule has 0 unspecified atom stereocenters. The van der Waals surface area contributed by atoms with Crippen LogP contribution in [-0.4, -0.2) is 22.6 Å². The summed E-state index contributed by atoms with van der Waals surface area (Å²) in [5.74, 6) is -0.906. The number of nitrogens with one attached hydrogen (secondary N) is 1. The van der Waals surface area contributed by atoms with E-state index in [2.05, 4.69) is 10.3 Å². The number of carboxylic acid groups (broad SMARTS) is 1. The SMILES string of the molecule is O=C(O)c1cccnc1[C@@H]1CCN1. The van der Waals surface area contributed by atoms with Crippen molar-refractivity contribution >= 4 is 5.97 Å². The van der Waals surface area contributed by atoms with Crippen LogP contribution in [0.25, 0.3) is 0 Å². The number of hydrogen-bond acceptors (Lipinski definition) is 3. The van der Waals surface area contributed by atoms with Crippen LogP contribution in [0.2, 0.25) is 0 Å². The second-order valence-corrected chi connectivity index (χ2v) is 3.04. The predicted molar refractivity (Wildman–Crippen MR) is 46.6 cm³/mol. The van der Waals surface area contributed by atoms with E-state index in [0.717, 1.165) is 13.0 Å². The number of nitrogens with zero attached hydrogens (tertiary/aromatic N) is 1. The maximum atomic E-state index is 10.8. The van der Waals surface area contributed by atoms with E-state index >= 15 is 0 Å². The molecule has 0 aliphatic carbocycles. The first kappa shape index (κ1) is 8.19. The Morgan fingerprint density at radius 1 is 1.69 bits per heavy atom. The Morgan fingerprint density at radius 3 is 3.00 bits per heavy atom. The molecule has 0 radical (unpaired) electrons. The van der Waals surface area contributed by atoms with E-state index in [1.165, 1.54) is 0 Å². The molecule has 0 saturated carbocycles. The normalized spacial score (nSPS) is 20.8. The molecule has 2 N–H and O–H groups in total. The van der Waals surface area contributed by atoms with Gasteiger partial charge in [-0.15, -0.1) is 0 Å². The summed E-state index contributed by atoms with van der Waals surface area (Å²) < 4.78 is 0. The molecular weight excluding hydrogens is 168 g/mol. The van der Waals surface area contributed by atoms with Gasteiger partial charge in [0.05, 0.1) is 17.3 Å². The molecule has 0 aromatic carbocycles. The van der Waals surface area contributed by atoms with E-state index in [4.69, 9.17) is 5.11 Å². The molecule has 4 nitrogen and oxygen atoms in total. The van der Waals surface area contributed by atoms with Crippen molar-refractivity contribution in [1.29, 1.82) is 0 Å². The molecule has 1 aromatic rings. The smallest absolute Gasteiger partial charge is 0.337 e. The molecule has 0 amide bonds. The number of aromatic nitrogens is 1. The van der Waals surface area contributed by atoms with Crippen LogP contribution < -0.4 is 5.32 Å². The fraction of sp³-hybridized carbons (Fsp3) is 0.333. The molecule has 1 aliphatic rings. The molecule has 13 heavy (non-hydrogen) atoms. The van der Waals surface area contributed by atoms with Gasteiger partial charge >= 0.3 is 5.97 Å². The summed E-state index contributed by atoms with van der Waals surface area (Å²) in [6.45, 7) is 0.945. The fourth-order valence-corrected chi connectivity index (χ4v) is 1.40. The van der Waals surface area contributed by atoms with Gasteiger partial charge in [-0.1, -0.05) is 0 Å². The van der Waals surface area contributed by atoms with Crippen molar-refractivity contribution in [2.24, 2.45) is 0 Å². The lowest BCUT2D eigenvalue weighted by Crippen LogP contribution is -2.36. The minimum Gasteiger partial charge on any atom is -0.478 e. The standard InChI is InChI=1S/C9H10N2O2/c12-9(13)6-2-1-4-11-8(6)7-3-5-10-7/h1-2,4,7,10H,3,5H2,(H,12,13)/t7-/m0/s1. The van der Waals surface area contributed by atoms with Crippen molar-refractivity contribution in [3.05, 3.63) is 29.6 Å². The zero-order chi connectivity index (χ0) is 9.26. The Balaban J connectivity index is 2.36. The number of carbonyl (C=O) groups is 1. The minimum atomic E-state index is -0.906. The second kappa shape index (κ2) is 3.14. The zero-order valence-electron chi connectivity index (χ0n) is 7.03. The minimum absolute atomic E-state index is 0.132. The fourth-order valence-electron chi connectivity index (χ4n) is 1.40. The highest BCUT2D eigenvalue weighted by atomic mass is 16.4. The van der Waals surface area contributed by atoms with Gasteiger partial charge in [-0.25, -0.2) is 4.79 Å². The van der Waals surface area contributed by atoms with Crippen LogP contribution in [0.4, 0.5) is 0 Å². The molecule has 1 aliphatic heterocycles. The summed E-state index contributed by atoms with van der Waals surface area (Å²) in [7, 11) is 0. The van der Waals surface area contributed by atoms with E-state index in [9.17, 15) is 4.79 Å². The number of carboxylic acids is 1. The van der Waals surface area contributed by atoms with Gasteiger partial charge in [0.1, 0.15) is 0 Å². The molecule has 1 saturated heterocycles. The van der Waals surface area contributed by atoms with Crippen LogP contribution in [0.1, 0.15) is 28.5 Å². The second-order valence-electron chi connectivity index (χ2n) is 3.04.